The molecule has 0 spiro atoms. The van der Waals surface area contributed by atoms with E-state index in [1.807, 2.05) is 18.2 Å². The predicted molar refractivity (Wildman–Crippen MR) is 80.1 cm³/mol. The van der Waals surface area contributed by atoms with Gasteiger partial charge in [0.25, 0.3) is 0 Å². The number of nitrogens with two attached hydrogens (primary N) is 1. The highest BCUT2D eigenvalue weighted by Gasteiger charge is 2.16. The van der Waals surface area contributed by atoms with Gasteiger partial charge in [-0.3, -0.25) is 4.90 Å². The van der Waals surface area contributed by atoms with Crippen molar-refractivity contribution in [1.29, 1.82) is 0 Å². The minimum atomic E-state index is 0.822. The third kappa shape index (κ3) is 2.91. The second kappa shape index (κ2) is 5.24. The lowest BCUT2D eigenvalue weighted by Crippen LogP contribution is -2.29. The summed E-state index contributed by atoms with van der Waals surface area (Å²) >= 11 is 6.03. The highest BCUT2D eigenvalue weighted by Crippen LogP contribution is 2.23. The Bertz CT molecular complexity index is 578. The molecule has 0 amide bonds. The van der Waals surface area contributed by atoms with E-state index >= 15 is 0 Å². The Balaban J connectivity index is 1.72. The van der Waals surface area contributed by atoms with Gasteiger partial charge in [-0.25, -0.2) is 0 Å². The van der Waals surface area contributed by atoms with Crippen molar-refractivity contribution in [2.75, 3.05) is 12.3 Å². The zero-order valence-corrected chi connectivity index (χ0v) is 11.5. The monoisotopic (exact) mass is 272 g/mol. The molecule has 2 aromatic carbocycles. The van der Waals surface area contributed by atoms with Gasteiger partial charge in [-0.1, -0.05) is 29.8 Å². The summed E-state index contributed by atoms with van der Waals surface area (Å²) < 4.78 is 0. The van der Waals surface area contributed by atoms with Crippen LogP contribution in [0, 0.1) is 0 Å². The summed E-state index contributed by atoms with van der Waals surface area (Å²) in [4.78, 5) is 2.46. The summed E-state index contributed by atoms with van der Waals surface area (Å²) in [5.74, 6) is 0. The Morgan fingerprint density at radius 3 is 2.63 bits per heavy atom. The number of fused-ring (bicyclic) bond motifs is 1. The fourth-order valence-electron chi connectivity index (χ4n) is 2.60. The molecule has 0 unspecified atom stereocenters. The first-order valence-electron chi connectivity index (χ1n) is 6.55. The lowest BCUT2D eigenvalue weighted by atomic mass is 9.99. The Morgan fingerprint density at radius 2 is 1.84 bits per heavy atom. The molecule has 0 saturated heterocycles. The Morgan fingerprint density at radius 1 is 1.05 bits per heavy atom. The zero-order chi connectivity index (χ0) is 13.2. The third-order valence-electron chi connectivity index (χ3n) is 3.65. The summed E-state index contributed by atoms with van der Waals surface area (Å²) in [5.41, 5.74) is 10.6. The lowest BCUT2D eigenvalue weighted by Gasteiger charge is -2.28. The van der Waals surface area contributed by atoms with Crippen LogP contribution in [0.1, 0.15) is 16.7 Å². The van der Waals surface area contributed by atoms with E-state index in [0.717, 1.165) is 36.8 Å². The van der Waals surface area contributed by atoms with Crippen LogP contribution >= 0.6 is 11.6 Å². The second-order valence-corrected chi connectivity index (χ2v) is 5.55. The number of rotatable bonds is 2. The average molecular weight is 273 g/mol. The van der Waals surface area contributed by atoms with E-state index in [1.165, 1.54) is 16.7 Å². The maximum Gasteiger partial charge on any atom is 0.0408 e. The second-order valence-electron chi connectivity index (χ2n) is 5.12. The molecule has 1 heterocycles. The van der Waals surface area contributed by atoms with Crippen LogP contribution in [-0.2, 0) is 19.5 Å². The first kappa shape index (κ1) is 12.5. The highest BCUT2D eigenvalue weighted by molar-refractivity contribution is 6.30. The van der Waals surface area contributed by atoms with Gasteiger partial charge in [0.1, 0.15) is 0 Å². The van der Waals surface area contributed by atoms with E-state index in [9.17, 15) is 0 Å². The molecule has 1 aliphatic rings. The minimum absolute atomic E-state index is 0.822. The highest BCUT2D eigenvalue weighted by atomic mass is 35.5. The van der Waals surface area contributed by atoms with E-state index in [1.54, 1.807) is 0 Å². The fourth-order valence-corrected chi connectivity index (χ4v) is 2.79. The van der Waals surface area contributed by atoms with Crippen molar-refractivity contribution in [1.82, 2.24) is 4.90 Å². The zero-order valence-electron chi connectivity index (χ0n) is 10.8. The molecule has 2 aromatic rings. The SMILES string of the molecule is Nc1ccc(CN2CCc3cc(Cl)ccc3C2)cc1. The van der Waals surface area contributed by atoms with Gasteiger partial charge in [-0.15, -0.1) is 0 Å². The molecule has 2 N–H and O–H groups in total. The first-order valence-corrected chi connectivity index (χ1v) is 6.92. The van der Waals surface area contributed by atoms with Gasteiger partial charge < -0.3 is 5.73 Å². The van der Waals surface area contributed by atoms with Gasteiger partial charge in [0.05, 0.1) is 0 Å². The molecular formula is C16H17ClN2. The smallest absolute Gasteiger partial charge is 0.0408 e. The Kier molecular flexibility index (Phi) is 3.45. The molecule has 0 radical (unpaired) electrons. The average Bonchev–Trinajstić information content (AvgIpc) is 2.42. The van der Waals surface area contributed by atoms with Crippen molar-refractivity contribution in [3.63, 3.8) is 0 Å². The number of nitrogen functional groups attached to an aromatic ring is 1. The van der Waals surface area contributed by atoms with E-state index in [0.29, 0.717) is 0 Å². The predicted octanol–water partition coefficient (Wildman–Crippen LogP) is 3.48. The fraction of sp³-hybridized carbons (Fsp3) is 0.250. The maximum absolute atomic E-state index is 6.03. The van der Waals surface area contributed by atoms with Crippen LogP contribution in [0.3, 0.4) is 0 Å². The molecule has 0 aromatic heterocycles. The molecule has 0 fully saturated rings. The van der Waals surface area contributed by atoms with Crippen LogP contribution in [0.15, 0.2) is 42.5 Å². The van der Waals surface area contributed by atoms with E-state index in [4.69, 9.17) is 17.3 Å². The quantitative estimate of drug-likeness (QED) is 0.848. The van der Waals surface area contributed by atoms with Crippen LogP contribution in [-0.4, -0.2) is 11.4 Å². The summed E-state index contributed by atoms with van der Waals surface area (Å²) in [6.45, 7) is 3.05. The number of hydrogen-bond donors (Lipinski definition) is 1. The number of nitrogens with zero attached hydrogens (tertiary/aromatic N) is 1. The van der Waals surface area contributed by atoms with Gasteiger partial charge >= 0.3 is 0 Å². The van der Waals surface area contributed by atoms with Crippen LogP contribution in [0.4, 0.5) is 5.69 Å². The largest absolute Gasteiger partial charge is 0.399 e. The molecule has 98 valence electrons. The molecule has 19 heavy (non-hydrogen) atoms. The molecule has 0 saturated carbocycles. The van der Waals surface area contributed by atoms with Crippen molar-refractivity contribution >= 4 is 17.3 Å². The van der Waals surface area contributed by atoms with Crippen molar-refractivity contribution < 1.29 is 0 Å². The Labute approximate surface area is 118 Å². The number of halogens is 1. The van der Waals surface area contributed by atoms with Crippen LogP contribution in [0.25, 0.3) is 0 Å². The molecule has 0 atom stereocenters. The molecule has 2 nitrogen and oxygen atoms in total. The maximum atomic E-state index is 6.03. The molecule has 0 bridgehead atoms. The normalized spacial score (nSPS) is 15.2. The molecule has 3 heteroatoms. The van der Waals surface area contributed by atoms with Crippen LogP contribution in [0.2, 0.25) is 5.02 Å². The van der Waals surface area contributed by atoms with Crippen molar-refractivity contribution in [3.05, 3.63) is 64.2 Å². The van der Waals surface area contributed by atoms with Gasteiger partial charge in [0.2, 0.25) is 0 Å². The van der Waals surface area contributed by atoms with Crippen molar-refractivity contribution in [3.8, 4) is 0 Å². The molecule has 1 aliphatic heterocycles. The van der Waals surface area contributed by atoms with E-state index in [2.05, 4.69) is 29.2 Å². The third-order valence-corrected chi connectivity index (χ3v) is 3.88. The van der Waals surface area contributed by atoms with Gasteiger partial charge in [0.15, 0.2) is 0 Å². The standard InChI is InChI=1S/C16H17ClN2/c17-15-4-3-14-11-19(8-7-13(14)9-15)10-12-1-5-16(18)6-2-12/h1-6,9H,7-8,10-11,18H2. The van der Waals surface area contributed by atoms with Gasteiger partial charge in [-0.05, 0) is 47.4 Å². The summed E-state index contributed by atoms with van der Waals surface area (Å²) in [6.07, 6.45) is 1.07. The van der Waals surface area contributed by atoms with Gasteiger partial charge in [0, 0.05) is 30.3 Å². The minimum Gasteiger partial charge on any atom is -0.399 e. The number of anilines is 1. The van der Waals surface area contributed by atoms with E-state index in [-0.39, 0.29) is 0 Å². The van der Waals surface area contributed by atoms with Crippen molar-refractivity contribution in [2.45, 2.75) is 19.5 Å². The van der Waals surface area contributed by atoms with Crippen LogP contribution < -0.4 is 5.73 Å². The van der Waals surface area contributed by atoms with Crippen LogP contribution in [0.5, 0.6) is 0 Å². The summed E-state index contributed by atoms with van der Waals surface area (Å²) in [7, 11) is 0. The lowest BCUT2D eigenvalue weighted by molar-refractivity contribution is 0.245. The number of benzene rings is 2. The Hall–Kier alpha value is -1.51. The number of hydrogen-bond acceptors (Lipinski definition) is 2. The van der Waals surface area contributed by atoms with Gasteiger partial charge in [-0.2, -0.15) is 0 Å². The molecule has 0 aliphatic carbocycles. The summed E-state index contributed by atoms with van der Waals surface area (Å²) in [6, 6.07) is 14.4. The van der Waals surface area contributed by atoms with E-state index < -0.39 is 0 Å². The molecular weight excluding hydrogens is 256 g/mol. The van der Waals surface area contributed by atoms with Crippen molar-refractivity contribution in [2.24, 2.45) is 0 Å². The summed E-state index contributed by atoms with van der Waals surface area (Å²) in [5, 5.41) is 0.839. The topological polar surface area (TPSA) is 29.3 Å². The molecule has 3 rings (SSSR count). The first-order chi connectivity index (χ1) is 9.20.